The number of rotatable bonds is 9. The van der Waals surface area contributed by atoms with Crippen LogP contribution in [0.5, 0.6) is 5.75 Å². The quantitative estimate of drug-likeness (QED) is 0.543. The SMILES string of the molecule is CCOS(=O)(=O)c1ccc(C)cc1OCCOCCO. The van der Waals surface area contributed by atoms with Gasteiger partial charge in [-0.25, -0.2) is 0 Å². The zero-order valence-corrected chi connectivity index (χ0v) is 12.5. The molecular formula is C13H20O6S. The lowest BCUT2D eigenvalue weighted by atomic mass is 10.2. The average Bonchev–Trinajstić information content (AvgIpc) is 2.38. The van der Waals surface area contributed by atoms with Crippen LogP contribution in [0.3, 0.4) is 0 Å². The summed E-state index contributed by atoms with van der Waals surface area (Å²) < 4.78 is 39.1. The van der Waals surface area contributed by atoms with E-state index in [2.05, 4.69) is 0 Å². The van der Waals surface area contributed by atoms with Gasteiger partial charge in [-0.3, -0.25) is 4.18 Å². The summed E-state index contributed by atoms with van der Waals surface area (Å²) in [6.07, 6.45) is 0. The van der Waals surface area contributed by atoms with Gasteiger partial charge in [-0.2, -0.15) is 8.42 Å². The number of ether oxygens (including phenoxy) is 2. The van der Waals surface area contributed by atoms with E-state index in [1.54, 1.807) is 19.1 Å². The summed E-state index contributed by atoms with van der Waals surface area (Å²) in [7, 11) is -3.81. The van der Waals surface area contributed by atoms with Crippen molar-refractivity contribution in [1.82, 2.24) is 0 Å². The Balaban J connectivity index is 2.80. The van der Waals surface area contributed by atoms with Gasteiger partial charge in [0.15, 0.2) is 0 Å². The molecule has 0 atom stereocenters. The summed E-state index contributed by atoms with van der Waals surface area (Å²) in [5, 5.41) is 8.57. The number of hydrogen-bond acceptors (Lipinski definition) is 6. The maximum Gasteiger partial charge on any atom is 0.300 e. The first-order valence-electron chi connectivity index (χ1n) is 6.32. The molecule has 7 heteroatoms. The number of hydrogen-bond donors (Lipinski definition) is 1. The topological polar surface area (TPSA) is 82.1 Å². The third kappa shape index (κ3) is 5.09. The highest BCUT2D eigenvalue weighted by molar-refractivity contribution is 7.86. The minimum atomic E-state index is -3.81. The van der Waals surface area contributed by atoms with Crippen LogP contribution < -0.4 is 4.74 Å². The Hall–Kier alpha value is -1.15. The Bertz CT molecular complexity index is 512. The highest BCUT2D eigenvalue weighted by atomic mass is 32.2. The molecule has 1 rings (SSSR count). The van der Waals surface area contributed by atoms with Gasteiger partial charge in [0.25, 0.3) is 0 Å². The van der Waals surface area contributed by atoms with Crippen molar-refractivity contribution in [2.75, 3.05) is 33.0 Å². The molecule has 0 aliphatic carbocycles. The summed E-state index contributed by atoms with van der Waals surface area (Å²) in [4.78, 5) is 0.00658. The molecule has 1 N–H and O–H groups in total. The minimum Gasteiger partial charge on any atom is -0.490 e. The Labute approximate surface area is 119 Å². The van der Waals surface area contributed by atoms with E-state index in [0.29, 0.717) is 0 Å². The minimum absolute atomic E-state index is 0.00658. The Morgan fingerprint density at radius 3 is 2.60 bits per heavy atom. The second-order valence-corrected chi connectivity index (χ2v) is 5.58. The van der Waals surface area contributed by atoms with Crippen LogP contribution in [0.25, 0.3) is 0 Å². The monoisotopic (exact) mass is 304 g/mol. The lowest BCUT2D eigenvalue weighted by Gasteiger charge is -2.12. The first-order chi connectivity index (χ1) is 9.51. The van der Waals surface area contributed by atoms with Crippen LogP contribution in [0.15, 0.2) is 23.1 Å². The molecular weight excluding hydrogens is 284 g/mol. The molecule has 6 nitrogen and oxygen atoms in total. The van der Waals surface area contributed by atoms with Gasteiger partial charge in [-0.15, -0.1) is 0 Å². The molecule has 0 spiro atoms. The standard InChI is InChI=1S/C13H20O6S/c1-3-19-20(15,16)13-5-4-11(2)10-12(13)18-9-8-17-7-6-14/h4-5,10,14H,3,6-9H2,1-2H3. The molecule has 0 heterocycles. The Morgan fingerprint density at radius 2 is 1.95 bits per heavy atom. The predicted molar refractivity (Wildman–Crippen MR) is 73.4 cm³/mol. The van der Waals surface area contributed by atoms with Gasteiger partial charge in [-0.1, -0.05) is 6.07 Å². The van der Waals surface area contributed by atoms with Crippen molar-refractivity contribution in [3.63, 3.8) is 0 Å². The maximum atomic E-state index is 11.9. The highest BCUT2D eigenvalue weighted by Crippen LogP contribution is 2.26. The molecule has 20 heavy (non-hydrogen) atoms. The van der Waals surface area contributed by atoms with Crippen molar-refractivity contribution in [2.45, 2.75) is 18.7 Å². The summed E-state index contributed by atoms with van der Waals surface area (Å²) in [6, 6.07) is 4.78. The molecule has 114 valence electrons. The van der Waals surface area contributed by atoms with Crippen molar-refractivity contribution < 1.29 is 27.2 Å². The second kappa shape index (κ2) is 8.21. The average molecular weight is 304 g/mol. The van der Waals surface area contributed by atoms with E-state index in [0.717, 1.165) is 5.56 Å². The third-order valence-electron chi connectivity index (χ3n) is 2.36. The van der Waals surface area contributed by atoms with E-state index in [9.17, 15) is 8.42 Å². The molecule has 0 fully saturated rings. The van der Waals surface area contributed by atoms with Crippen molar-refractivity contribution in [3.8, 4) is 5.75 Å². The first-order valence-corrected chi connectivity index (χ1v) is 7.73. The second-order valence-electron chi connectivity index (χ2n) is 4.00. The summed E-state index contributed by atoms with van der Waals surface area (Å²) in [5.41, 5.74) is 0.881. The summed E-state index contributed by atoms with van der Waals surface area (Å²) >= 11 is 0. The van der Waals surface area contributed by atoms with Crippen LogP contribution >= 0.6 is 0 Å². The van der Waals surface area contributed by atoms with E-state index in [1.165, 1.54) is 6.07 Å². The molecule has 0 amide bonds. The van der Waals surface area contributed by atoms with Crippen LogP contribution in [0.4, 0.5) is 0 Å². The number of aliphatic hydroxyl groups is 1. The normalized spacial score (nSPS) is 11.6. The molecule has 0 aromatic heterocycles. The molecule has 0 radical (unpaired) electrons. The zero-order valence-electron chi connectivity index (χ0n) is 11.7. The lowest BCUT2D eigenvalue weighted by molar-refractivity contribution is 0.0698. The molecule has 0 saturated carbocycles. The van der Waals surface area contributed by atoms with Gasteiger partial charge in [0.2, 0.25) is 0 Å². The first kappa shape index (κ1) is 16.9. The number of aryl methyl sites for hydroxylation is 1. The van der Waals surface area contributed by atoms with Gasteiger partial charge in [0.1, 0.15) is 17.3 Å². The van der Waals surface area contributed by atoms with Crippen LogP contribution in [0.1, 0.15) is 12.5 Å². The Kier molecular flexibility index (Phi) is 6.94. The highest BCUT2D eigenvalue weighted by Gasteiger charge is 2.20. The molecule has 1 aromatic rings. The van der Waals surface area contributed by atoms with Crippen LogP contribution in [-0.2, 0) is 19.0 Å². The van der Waals surface area contributed by atoms with E-state index >= 15 is 0 Å². The van der Waals surface area contributed by atoms with Crippen LogP contribution in [0.2, 0.25) is 0 Å². The van der Waals surface area contributed by atoms with E-state index < -0.39 is 10.1 Å². The fraction of sp³-hybridized carbons (Fsp3) is 0.538. The van der Waals surface area contributed by atoms with Gasteiger partial charge in [-0.05, 0) is 31.5 Å². The van der Waals surface area contributed by atoms with E-state index in [4.69, 9.17) is 18.8 Å². The molecule has 1 aromatic carbocycles. The van der Waals surface area contributed by atoms with Gasteiger partial charge in [0, 0.05) is 0 Å². The van der Waals surface area contributed by atoms with Gasteiger partial charge >= 0.3 is 10.1 Å². The molecule has 0 unspecified atom stereocenters. The van der Waals surface area contributed by atoms with E-state index in [1.807, 2.05) is 6.92 Å². The summed E-state index contributed by atoms with van der Waals surface area (Å²) in [5.74, 6) is 0.242. The van der Waals surface area contributed by atoms with Gasteiger partial charge in [0.05, 0.1) is 26.4 Å². The predicted octanol–water partition coefficient (Wildman–Crippen LogP) is 1.11. The third-order valence-corrected chi connectivity index (χ3v) is 3.78. The smallest absolute Gasteiger partial charge is 0.300 e. The van der Waals surface area contributed by atoms with Crippen LogP contribution in [0, 0.1) is 6.92 Å². The largest absolute Gasteiger partial charge is 0.490 e. The van der Waals surface area contributed by atoms with E-state index in [-0.39, 0.29) is 43.7 Å². The zero-order chi connectivity index (χ0) is 15.0. The molecule has 0 aliphatic heterocycles. The Morgan fingerprint density at radius 1 is 1.20 bits per heavy atom. The molecule has 0 aliphatic rings. The fourth-order valence-electron chi connectivity index (χ4n) is 1.53. The number of aliphatic hydroxyl groups excluding tert-OH is 1. The van der Waals surface area contributed by atoms with Crippen molar-refractivity contribution >= 4 is 10.1 Å². The number of benzene rings is 1. The maximum absolute atomic E-state index is 11.9. The van der Waals surface area contributed by atoms with Crippen molar-refractivity contribution in [3.05, 3.63) is 23.8 Å². The van der Waals surface area contributed by atoms with Crippen LogP contribution in [-0.4, -0.2) is 46.6 Å². The van der Waals surface area contributed by atoms with Crippen molar-refractivity contribution in [1.29, 1.82) is 0 Å². The van der Waals surface area contributed by atoms with Gasteiger partial charge < -0.3 is 14.6 Å². The summed E-state index contributed by atoms with van der Waals surface area (Å²) in [6.45, 7) is 4.13. The molecule has 0 saturated heterocycles. The lowest BCUT2D eigenvalue weighted by Crippen LogP contribution is -2.12. The molecule has 0 bridgehead atoms. The fourth-order valence-corrected chi connectivity index (χ4v) is 2.57. The van der Waals surface area contributed by atoms with Crippen molar-refractivity contribution in [2.24, 2.45) is 0 Å².